The van der Waals surface area contributed by atoms with Gasteiger partial charge in [0.15, 0.2) is 12.4 Å². The summed E-state index contributed by atoms with van der Waals surface area (Å²) in [5.41, 5.74) is 4.84. The normalized spacial score (nSPS) is 26.8. The third kappa shape index (κ3) is 11.7. The highest BCUT2D eigenvalue weighted by Gasteiger charge is 2.48. The quantitative estimate of drug-likeness (QED) is 0.347. The molecule has 38 heavy (non-hydrogen) atoms. The van der Waals surface area contributed by atoms with E-state index in [-0.39, 0.29) is 0 Å². The highest BCUT2D eigenvalue weighted by Crippen LogP contribution is 2.23. The average molecular weight is 544 g/mol. The minimum atomic E-state index is -6.00. The fourth-order valence-electron chi connectivity index (χ4n) is 3.59. The van der Waals surface area contributed by atoms with Crippen molar-refractivity contribution in [2.75, 3.05) is 0 Å². The largest absolute Gasteiger partial charge is 0.673 e. The molecule has 2 aliphatic carbocycles. The van der Waals surface area contributed by atoms with Crippen LogP contribution in [-0.2, 0) is 0 Å². The molecule has 4 nitrogen and oxygen atoms in total. The molecule has 4 N–H and O–H groups in total. The molecule has 0 saturated heterocycles. The van der Waals surface area contributed by atoms with E-state index in [2.05, 4.69) is 106 Å². The summed E-state index contributed by atoms with van der Waals surface area (Å²) in [6.07, 6.45) is 10.9. The van der Waals surface area contributed by atoms with E-state index in [1.54, 1.807) is 0 Å². The first-order chi connectivity index (χ1) is 17.9. The Balaban J connectivity index is 0.000000344. The lowest BCUT2D eigenvalue weighted by Crippen LogP contribution is -2.81. The van der Waals surface area contributed by atoms with Gasteiger partial charge in [0.1, 0.15) is 0 Å². The van der Waals surface area contributed by atoms with Gasteiger partial charge in [-0.05, 0) is 17.5 Å². The number of halogens is 8. The molecule has 4 atom stereocenters. The predicted molar refractivity (Wildman–Crippen MR) is 134 cm³/mol. The van der Waals surface area contributed by atoms with Crippen LogP contribution in [-0.4, -0.2) is 51.1 Å². The zero-order valence-electron chi connectivity index (χ0n) is 20.0. The van der Waals surface area contributed by atoms with Crippen molar-refractivity contribution >= 4 is 38.1 Å². The van der Waals surface area contributed by atoms with Crippen molar-refractivity contribution in [3.63, 3.8) is 0 Å². The molecule has 3 aliphatic rings. The first-order valence-corrected chi connectivity index (χ1v) is 11.8. The summed E-state index contributed by atoms with van der Waals surface area (Å²) in [4.78, 5) is 7.18. The van der Waals surface area contributed by atoms with E-state index >= 15 is 0 Å². The van der Waals surface area contributed by atoms with E-state index in [1.165, 1.54) is 22.3 Å². The SMILES string of the molecule is C1=[NH+][C@@H]2C[C@H]2[NH+]=C/C(c2ccccc2)=C/N[C@H]2C[C@@H]2N/C=C/1c1ccccc1.F[B-](F)(F)F.F[B-](F)(F)F. The minimum Gasteiger partial charge on any atom is -0.418 e. The van der Waals surface area contributed by atoms with Gasteiger partial charge in [-0.25, -0.2) is 9.98 Å². The van der Waals surface area contributed by atoms with Crippen LogP contribution in [0.25, 0.3) is 11.1 Å². The lowest BCUT2D eigenvalue weighted by Gasteiger charge is -2.05. The van der Waals surface area contributed by atoms with Crippen molar-refractivity contribution in [3.8, 4) is 0 Å². The average Bonchev–Trinajstić information content (AvgIpc) is 3.75. The van der Waals surface area contributed by atoms with Crippen LogP contribution in [0.1, 0.15) is 24.0 Å². The van der Waals surface area contributed by atoms with Gasteiger partial charge in [-0.3, -0.25) is 0 Å². The van der Waals surface area contributed by atoms with Crippen molar-refractivity contribution in [3.05, 3.63) is 84.2 Å². The van der Waals surface area contributed by atoms with Gasteiger partial charge in [-0.2, -0.15) is 0 Å². The molecule has 0 bridgehead atoms. The van der Waals surface area contributed by atoms with Crippen LogP contribution < -0.4 is 20.6 Å². The number of rotatable bonds is 2. The van der Waals surface area contributed by atoms with Crippen molar-refractivity contribution in [1.29, 1.82) is 0 Å². The molecule has 0 aromatic heterocycles. The molecule has 0 radical (unpaired) electrons. The Morgan fingerprint density at radius 2 is 0.895 bits per heavy atom. The predicted octanol–water partition coefficient (Wildman–Crippen LogP) is 2.45. The summed E-state index contributed by atoms with van der Waals surface area (Å²) in [6.45, 7) is 0. The van der Waals surface area contributed by atoms with E-state index in [4.69, 9.17) is 0 Å². The molecule has 0 spiro atoms. The molecular formula is C24H26B2F8N4. The standard InChI is InChI=1S/C24H24N4.2BF4/c1-3-7-17(8-4-1)19-13-25-21-11-23(21)27-15-20(18-9-5-2-6-10-18)16-28-24-12-22(24)26-14-19;2*2-1(3,4)5/h1-10,13-16,21-25,27H,11-12H2;;/q;2*-1/p+2/b19-13-,20-15-,26-14?,28-16?;;/t21-,22+,23-,24+;;/m0../s1. The van der Waals surface area contributed by atoms with Crippen LogP contribution in [0, 0.1) is 0 Å². The Bertz CT molecular complexity index is 1050. The second-order valence-electron chi connectivity index (χ2n) is 8.77. The van der Waals surface area contributed by atoms with Crippen LogP contribution >= 0.6 is 0 Å². The molecular weight excluding hydrogens is 518 g/mol. The Labute approximate surface area is 214 Å². The van der Waals surface area contributed by atoms with Crippen LogP contribution in [0.4, 0.5) is 34.5 Å². The summed E-state index contributed by atoms with van der Waals surface area (Å²) < 4.78 is 78.0. The van der Waals surface area contributed by atoms with Crippen molar-refractivity contribution in [1.82, 2.24) is 10.6 Å². The smallest absolute Gasteiger partial charge is 0.418 e. The third-order valence-corrected chi connectivity index (χ3v) is 5.61. The van der Waals surface area contributed by atoms with Gasteiger partial charge in [0.05, 0.1) is 17.6 Å². The molecule has 0 unspecified atom stereocenters. The lowest BCUT2D eigenvalue weighted by atomic mass is 10.1. The van der Waals surface area contributed by atoms with Crippen LogP contribution in [0.2, 0.25) is 0 Å². The first kappa shape index (κ1) is 29.0. The first-order valence-electron chi connectivity index (χ1n) is 11.8. The Kier molecular flexibility index (Phi) is 9.76. The number of allylic oxidation sites excluding steroid dienone is 2. The van der Waals surface area contributed by atoms with Gasteiger partial charge in [0, 0.05) is 24.5 Å². The maximum atomic E-state index is 9.75. The molecule has 2 fully saturated rings. The molecule has 0 amide bonds. The van der Waals surface area contributed by atoms with Crippen molar-refractivity contribution in [2.45, 2.75) is 37.0 Å². The highest BCUT2D eigenvalue weighted by atomic mass is 19.5. The van der Waals surface area contributed by atoms with Crippen LogP contribution in [0.5, 0.6) is 0 Å². The topological polar surface area (TPSA) is 52.0 Å². The van der Waals surface area contributed by atoms with E-state index in [9.17, 15) is 34.5 Å². The Morgan fingerprint density at radius 1 is 0.553 bits per heavy atom. The molecule has 2 aromatic carbocycles. The summed E-state index contributed by atoms with van der Waals surface area (Å²) in [5, 5.41) is 7.18. The van der Waals surface area contributed by atoms with Gasteiger partial charge in [-0.15, -0.1) is 0 Å². The summed E-state index contributed by atoms with van der Waals surface area (Å²) in [6, 6.07) is 22.9. The number of hydrogen-bond donors (Lipinski definition) is 4. The lowest BCUT2D eigenvalue weighted by molar-refractivity contribution is -0.535. The molecule has 2 aromatic rings. The van der Waals surface area contributed by atoms with Crippen molar-refractivity contribution in [2.24, 2.45) is 0 Å². The highest BCUT2D eigenvalue weighted by molar-refractivity contribution is 6.50. The zero-order chi connectivity index (χ0) is 27.8. The number of fused-ring (bicyclic) bond motifs is 2. The fraction of sp³-hybridized carbons (Fsp3) is 0.250. The second kappa shape index (κ2) is 12.8. The molecule has 1 aliphatic heterocycles. The van der Waals surface area contributed by atoms with Gasteiger partial charge < -0.3 is 45.2 Å². The van der Waals surface area contributed by atoms with Crippen LogP contribution in [0.3, 0.4) is 0 Å². The summed E-state index contributed by atoms with van der Waals surface area (Å²) >= 11 is 0. The third-order valence-electron chi connectivity index (χ3n) is 5.61. The Hall–Kier alpha value is -3.57. The monoisotopic (exact) mass is 544 g/mol. The van der Waals surface area contributed by atoms with Crippen molar-refractivity contribution < 1.29 is 44.5 Å². The summed E-state index contributed by atoms with van der Waals surface area (Å²) in [5.74, 6) is 0. The molecule has 14 heteroatoms. The molecule has 204 valence electrons. The van der Waals surface area contributed by atoms with E-state index in [0.29, 0.717) is 24.2 Å². The number of benzene rings is 2. The Morgan fingerprint density at radius 3 is 1.24 bits per heavy atom. The van der Waals surface area contributed by atoms with Gasteiger partial charge >= 0.3 is 14.5 Å². The molecule has 2 saturated carbocycles. The van der Waals surface area contributed by atoms with Gasteiger partial charge in [0.2, 0.25) is 12.1 Å². The maximum Gasteiger partial charge on any atom is 0.673 e. The minimum absolute atomic E-state index is 0.463. The van der Waals surface area contributed by atoms with E-state index < -0.39 is 14.5 Å². The second-order valence-corrected chi connectivity index (χ2v) is 8.77. The maximum absolute atomic E-state index is 9.75. The number of nitrogens with one attached hydrogen (secondary N) is 4. The zero-order valence-corrected chi connectivity index (χ0v) is 20.0. The van der Waals surface area contributed by atoms with E-state index in [0.717, 1.165) is 12.8 Å². The number of hydrogen-bond acceptors (Lipinski definition) is 2. The summed E-state index contributed by atoms with van der Waals surface area (Å²) in [7, 11) is -12.0. The molecule has 5 rings (SSSR count). The van der Waals surface area contributed by atoms with E-state index in [1.807, 2.05) is 0 Å². The van der Waals surface area contributed by atoms with Crippen LogP contribution in [0.15, 0.2) is 73.1 Å². The fourth-order valence-corrected chi connectivity index (χ4v) is 3.59. The van der Waals surface area contributed by atoms with Gasteiger partial charge in [0.25, 0.3) is 0 Å². The molecule has 1 heterocycles. The van der Waals surface area contributed by atoms with Gasteiger partial charge in [-0.1, -0.05) is 60.7 Å².